The molecule has 0 aliphatic heterocycles. The molecule has 19 heavy (non-hydrogen) atoms. The number of hydrogen-bond donors (Lipinski definition) is 1. The summed E-state index contributed by atoms with van der Waals surface area (Å²) in [7, 11) is 2.07. The van der Waals surface area contributed by atoms with Crippen LogP contribution in [0.5, 0.6) is 0 Å². The molecule has 1 N–H and O–H groups in total. The number of benzene rings is 1. The van der Waals surface area contributed by atoms with Crippen molar-refractivity contribution in [1.82, 2.24) is 10.2 Å². The SMILES string of the molecule is CCN(CCC(NC)C(C)(C)C)Cc1ccccc1. The van der Waals surface area contributed by atoms with Crippen LogP contribution in [0.2, 0.25) is 0 Å². The van der Waals surface area contributed by atoms with Gasteiger partial charge in [0.2, 0.25) is 0 Å². The lowest BCUT2D eigenvalue weighted by molar-refractivity contribution is 0.211. The van der Waals surface area contributed by atoms with Gasteiger partial charge in [0.1, 0.15) is 0 Å². The molecule has 0 saturated heterocycles. The molecule has 1 aromatic rings. The Hall–Kier alpha value is -0.860. The molecular weight excluding hydrogens is 232 g/mol. The van der Waals surface area contributed by atoms with Crippen LogP contribution < -0.4 is 5.32 Å². The van der Waals surface area contributed by atoms with Crippen LogP contribution in [0.15, 0.2) is 30.3 Å². The van der Waals surface area contributed by atoms with Crippen molar-refractivity contribution < 1.29 is 0 Å². The Balaban J connectivity index is 2.49. The van der Waals surface area contributed by atoms with Gasteiger partial charge < -0.3 is 5.32 Å². The van der Waals surface area contributed by atoms with Crippen LogP contribution in [-0.4, -0.2) is 31.1 Å². The van der Waals surface area contributed by atoms with Crippen molar-refractivity contribution in [3.05, 3.63) is 35.9 Å². The number of nitrogens with one attached hydrogen (secondary N) is 1. The molecule has 1 unspecified atom stereocenters. The summed E-state index contributed by atoms with van der Waals surface area (Å²) in [6.07, 6.45) is 1.20. The van der Waals surface area contributed by atoms with Crippen LogP contribution in [0.1, 0.15) is 39.7 Å². The van der Waals surface area contributed by atoms with Gasteiger partial charge in [0.25, 0.3) is 0 Å². The monoisotopic (exact) mass is 262 g/mol. The fourth-order valence-electron chi connectivity index (χ4n) is 2.51. The number of hydrogen-bond acceptors (Lipinski definition) is 2. The first kappa shape index (κ1) is 16.2. The van der Waals surface area contributed by atoms with Crippen molar-refractivity contribution in [3.63, 3.8) is 0 Å². The smallest absolute Gasteiger partial charge is 0.0233 e. The van der Waals surface area contributed by atoms with E-state index in [-0.39, 0.29) is 0 Å². The molecule has 0 aromatic heterocycles. The topological polar surface area (TPSA) is 15.3 Å². The van der Waals surface area contributed by atoms with Crippen LogP contribution in [0.4, 0.5) is 0 Å². The van der Waals surface area contributed by atoms with Crippen molar-refractivity contribution >= 4 is 0 Å². The lowest BCUT2D eigenvalue weighted by atomic mass is 9.85. The van der Waals surface area contributed by atoms with Crippen LogP contribution >= 0.6 is 0 Å². The van der Waals surface area contributed by atoms with E-state index in [4.69, 9.17) is 0 Å². The molecule has 2 nitrogen and oxygen atoms in total. The van der Waals surface area contributed by atoms with Crippen LogP contribution in [0.3, 0.4) is 0 Å². The Morgan fingerprint density at radius 1 is 1.16 bits per heavy atom. The second-order valence-corrected chi connectivity index (χ2v) is 6.35. The molecule has 0 aliphatic rings. The summed E-state index contributed by atoms with van der Waals surface area (Å²) < 4.78 is 0. The third kappa shape index (κ3) is 5.75. The van der Waals surface area contributed by atoms with E-state index in [1.807, 2.05) is 0 Å². The fourth-order valence-corrected chi connectivity index (χ4v) is 2.51. The van der Waals surface area contributed by atoms with Crippen LogP contribution in [-0.2, 0) is 6.54 Å². The molecule has 0 amide bonds. The zero-order valence-electron chi connectivity index (χ0n) is 13.2. The Morgan fingerprint density at radius 2 is 1.79 bits per heavy atom. The van der Waals surface area contributed by atoms with Gasteiger partial charge in [-0.1, -0.05) is 58.0 Å². The molecule has 1 rings (SSSR count). The van der Waals surface area contributed by atoms with E-state index in [2.05, 4.69) is 75.3 Å². The van der Waals surface area contributed by atoms with Crippen molar-refractivity contribution in [1.29, 1.82) is 0 Å². The maximum atomic E-state index is 3.46. The third-order valence-electron chi connectivity index (χ3n) is 3.82. The summed E-state index contributed by atoms with van der Waals surface area (Å²) >= 11 is 0. The van der Waals surface area contributed by atoms with Gasteiger partial charge in [0, 0.05) is 12.6 Å². The van der Waals surface area contributed by atoms with Crippen molar-refractivity contribution in [2.75, 3.05) is 20.1 Å². The number of rotatable bonds is 7. The molecule has 0 saturated carbocycles. The Labute approximate surface area is 119 Å². The average Bonchev–Trinajstić information content (AvgIpc) is 2.37. The van der Waals surface area contributed by atoms with Gasteiger partial charge in [0.15, 0.2) is 0 Å². The second-order valence-electron chi connectivity index (χ2n) is 6.35. The Kier molecular flexibility index (Phi) is 6.53. The van der Waals surface area contributed by atoms with E-state index in [1.165, 1.54) is 12.0 Å². The minimum absolute atomic E-state index is 0.320. The average molecular weight is 262 g/mol. The Bertz CT molecular complexity index is 340. The maximum Gasteiger partial charge on any atom is 0.0233 e. The summed E-state index contributed by atoms with van der Waals surface area (Å²) in [6, 6.07) is 11.3. The second kappa shape index (κ2) is 7.66. The zero-order chi connectivity index (χ0) is 14.3. The molecule has 0 spiro atoms. The Morgan fingerprint density at radius 3 is 2.26 bits per heavy atom. The molecule has 0 aliphatic carbocycles. The van der Waals surface area contributed by atoms with Gasteiger partial charge in [-0.05, 0) is 37.5 Å². The maximum absolute atomic E-state index is 3.46. The molecule has 0 bridgehead atoms. The van der Waals surface area contributed by atoms with E-state index in [0.29, 0.717) is 11.5 Å². The summed E-state index contributed by atoms with van der Waals surface area (Å²) in [5.41, 5.74) is 1.72. The summed E-state index contributed by atoms with van der Waals surface area (Å²) in [5, 5.41) is 3.46. The molecule has 0 radical (unpaired) electrons. The molecule has 2 heteroatoms. The summed E-state index contributed by atoms with van der Waals surface area (Å²) in [4.78, 5) is 2.52. The predicted molar refractivity (Wildman–Crippen MR) is 84.3 cm³/mol. The quantitative estimate of drug-likeness (QED) is 0.808. The first-order chi connectivity index (χ1) is 8.97. The molecule has 0 fully saturated rings. The highest BCUT2D eigenvalue weighted by atomic mass is 15.1. The van der Waals surface area contributed by atoms with Crippen LogP contribution in [0.25, 0.3) is 0 Å². The van der Waals surface area contributed by atoms with Gasteiger partial charge in [-0.3, -0.25) is 4.90 Å². The van der Waals surface area contributed by atoms with Gasteiger partial charge in [-0.2, -0.15) is 0 Å². The highest BCUT2D eigenvalue weighted by Crippen LogP contribution is 2.21. The first-order valence-electron chi connectivity index (χ1n) is 7.41. The first-order valence-corrected chi connectivity index (χ1v) is 7.41. The predicted octanol–water partition coefficient (Wildman–Crippen LogP) is 3.53. The summed E-state index contributed by atoms with van der Waals surface area (Å²) in [5.74, 6) is 0. The van der Waals surface area contributed by atoms with Gasteiger partial charge in [0.05, 0.1) is 0 Å². The van der Waals surface area contributed by atoms with Crippen molar-refractivity contribution in [3.8, 4) is 0 Å². The lowest BCUT2D eigenvalue weighted by Crippen LogP contribution is -2.41. The third-order valence-corrected chi connectivity index (χ3v) is 3.82. The van der Waals surface area contributed by atoms with E-state index in [0.717, 1.165) is 19.6 Å². The number of nitrogens with zero attached hydrogens (tertiary/aromatic N) is 1. The van der Waals surface area contributed by atoms with E-state index >= 15 is 0 Å². The summed E-state index contributed by atoms with van der Waals surface area (Å²) in [6.45, 7) is 12.5. The van der Waals surface area contributed by atoms with E-state index < -0.39 is 0 Å². The minimum Gasteiger partial charge on any atom is -0.316 e. The molecule has 1 aromatic carbocycles. The highest BCUT2D eigenvalue weighted by molar-refractivity contribution is 5.14. The van der Waals surface area contributed by atoms with E-state index in [1.54, 1.807) is 0 Å². The zero-order valence-corrected chi connectivity index (χ0v) is 13.2. The van der Waals surface area contributed by atoms with Crippen molar-refractivity contribution in [2.24, 2.45) is 5.41 Å². The van der Waals surface area contributed by atoms with Gasteiger partial charge in [-0.15, -0.1) is 0 Å². The highest BCUT2D eigenvalue weighted by Gasteiger charge is 2.23. The van der Waals surface area contributed by atoms with Crippen molar-refractivity contribution in [2.45, 2.75) is 46.7 Å². The van der Waals surface area contributed by atoms with E-state index in [9.17, 15) is 0 Å². The fraction of sp³-hybridized carbons (Fsp3) is 0.647. The minimum atomic E-state index is 0.320. The van der Waals surface area contributed by atoms with Gasteiger partial charge in [-0.25, -0.2) is 0 Å². The molecule has 108 valence electrons. The van der Waals surface area contributed by atoms with Crippen LogP contribution in [0, 0.1) is 5.41 Å². The van der Waals surface area contributed by atoms with Gasteiger partial charge >= 0.3 is 0 Å². The normalized spacial score (nSPS) is 13.8. The molecule has 1 atom stereocenters. The lowest BCUT2D eigenvalue weighted by Gasteiger charge is -2.32. The molecule has 0 heterocycles. The molecular formula is C17H30N2. The standard InChI is InChI=1S/C17H30N2/c1-6-19(14-15-10-8-7-9-11-15)13-12-16(18-5)17(2,3)4/h7-11,16,18H,6,12-14H2,1-5H3. The largest absolute Gasteiger partial charge is 0.316 e.